The van der Waals surface area contributed by atoms with Gasteiger partial charge in [0.2, 0.25) is 0 Å². The molecular weight excluding hydrogens is 262 g/mol. The molecule has 0 aliphatic rings. The second kappa shape index (κ2) is 7.35. The van der Waals surface area contributed by atoms with Gasteiger partial charge in [0.1, 0.15) is 11.5 Å². The number of para-hydroxylation sites is 1. The van der Waals surface area contributed by atoms with Gasteiger partial charge in [0.05, 0.1) is 25.7 Å². The van der Waals surface area contributed by atoms with E-state index < -0.39 is 0 Å². The van der Waals surface area contributed by atoms with Crippen LogP contribution in [0.15, 0.2) is 48.5 Å². The van der Waals surface area contributed by atoms with Crippen molar-refractivity contribution in [1.82, 2.24) is 0 Å². The molecule has 0 aromatic heterocycles. The summed E-state index contributed by atoms with van der Waals surface area (Å²) in [4.78, 5) is 0. The highest BCUT2D eigenvalue weighted by Gasteiger charge is 2.15. The zero-order valence-electron chi connectivity index (χ0n) is 12.4. The van der Waals surface area contributed by atoms with Gasteiger partial charge in [0.25, 0.3) is 0 Å². The third kappa shape index (κ3) is 4.00. The van der Waals surface area contributed by atoms with E-state index in [9.17, 15) is 5.26 Å². The first-order valence-corrected chi connectivity index (χ1v) is 6.96. The molecule has 0 fully saturated rings. The number of benzene rings is 2. The zero-order valence-corrected chi connectivity index (χ0v) is 12.4. The molecular formula is C18H19NO2. The average Bonchev–Trinajstić information content (AvgIpc) is 2.52. The van der Waals surface area contributed by atoms with Crippen LogP contribution in [0.5, 0.6) is 11.5 Å². The maximum Gasteiger partial charge on any atom is 0.123 e. The molecule has 0 spiro atoms. The van der Waals surface area contributed by atoms with Crippen molar-refractivity contribution in [2.24, 2.45) is 0 Å². The molecule has 0 saturated heterocycles. The fourth-order valence-electron chi connectivity index (χ4n) is 2.24. The molecule has 108 valence electrons. The molecule has 0 saturated carbocycles. The Balaban J connectivity index is 1.99. The lowest BCUT2D eigenvalue weighted by Gasteiger charge is -2.14. The van der Waals surface area contributed by atoms with Crippen molar-refractivity contribution in [2.75, 3.05) is 13.7 Å². The largest absolute Gasteiger partial charge is 0.496 e. The Morgan fingerprint density at radius 1 is 1.14 bits per heavy atom. The number of hydrogen-bond donors (Lipinski definition) is 0. The number of hydrogen-bond acceptors (Lipinski definition) is 3. The zero-order chi connectivity index (χ0) is 15.1. The summed E-state index contributed by atoms with van der Waals surface area (Å²) in [5.41, 5.74) is 2.07. The molecule has 1 atom stereocenters. The number of nitriles is 1. The van der Waals surface area contributed by atoms with Crippen LogP contribution in [0.4, 0.5) is 0 Å². The molecule has 2 aromatic rings. The maximum atomic E-state index is 9.38. The predicted octanol–water partition coefficient (Wildman–Crippen LogP) is 4.08. The Morgan fingerprint density at radius 3 is 2.67 bits per heavy atom. The second-order valence-electron chi connectivity index (χ2n) is 4.88. The Kier molecular flexibility index (Phi) is 5.22. The van der Waals surface area contributed by atoms with E-state index in [4.69, 9.17) is 9.47 Å². The van der Waals surface area contributed by atoms with Crippen LogP contribution in [0, 0.1) is 18.3 Å². The molecule has 3 nitrogen and oxygen atoms in total. The van der Waals surface area contributed by atoms with E-state index in [-0.39, 0.29) is 5.92 Å². The van der Waals surface area contributed by atoms with Gasteiger partial charge in [0, 0.05) is 12.0 Å². The van der Waals surface area contributed by atoms with Gasteiger partial charge in [-0.15, -0.1) is 0 Å². The van der Waals surface area contributed by atoms with Crippen molar-refractivity contribution in [2.45, 2.75) is 19.3 Å². The normalized spacial score (nSPS) is 11.5. The minimum atomic E-state index is -0.231. The van der Waals surface area contributed by atoms with E-state index in [0.29, 0.717) is 13.0 Å². The van der Waals surface area contributed by atoms with Crippen molar-refractivity contribution >= 4 is 0 Å². The van der Waals surface area contributed by atoms with Gasteiger partial charge in [0.15, 0.2) is 0 Å². The monoisotopic (exact) mass is 281 g/mol. The van der Waals surface area contributed by atoms with Crippen LogP contribution < -0.4 is 9.47 Å². The van der Waals surface area contributed by atoms with Crippen LogP contribution in [0.1, 0.15) is 23.5 Å². The smallest absolute Gasteiger partial charge is 0.123 e. The van der Waals surface area contributed by atoms with Crippen molar-refractivity contribution in [1.29, 1.82) is 5.26 Å². The van der Waals surface area contributed by atoms with Crippen molar-refractivity contribution in [3.8, 4) is 17.6 Å². The summed E-state index contributed by atoms with van der Waals surface area (Å²) in [6.45, 7) is 2.53. The summed E-state index contributed by atoms with van der Waals surface area (Å²) in [5, 5.41) is 9.38. The Hall–Kier alpha value is -2.47. The molecule has 2 aromatic carbocycles. The number of nitrogens with zero attached hydrogens (tertiary/aromatic N) is 1. The summed E-state index contributed by atoms with van der Waals surface area (Å²) in [6.07, 6.45) is 0.630. The van der Waals surface area contributed by atoms with Gasteiger partial charge in [-0.25, -0.2) is 0 Å². The topological polar surface area (TPSA) is 42.2 Å². The van der Waals surface area contributed by atoms with Gasteiger partial charge in [-0.1, -0.05) is 30.3 Å². The first kappa shape index (κ1) is 14.9. The molecule has 0 radical (unpaired) electrons. The molecule has 0 amide bonds. The van der Waals surface area contributed by atoms with Gasteiger partial charge in [-0.3, -0.25) is 0 Å². The van der Waals surface area contributed by atoms with Crippen molar-refractivity contribution in [3.05, 3.63) is 59.7 Å². The SMILES string of the molecule is COc1ccccc1C(C#N)CCOc1cccc(C)c1. The molecule has 0 heterocycles. The second-order valence-corrected chi connectivity index (χ2v) is 4.88. The van der Waals surface area contributed by atoms with E-state index in [0.717, 1.165) is 22.6 Å². The lowest BCUT2D eigenvalue weighted by Crippen LogP contribution is -2.06. The summed E-state index contributed by atoms with van der Waals surface area (Å²) < 4.78 is 11.0. The van der Waals surface area contributed by atoms with Crippen LogP contribution >= 0.6 is 0 Å². The molecule has 0 aliphatic heterocycles. The minimum absolute atomic E-state index is 0.231. The number of rotatable bonds is 6. The summed E-state index contributed by atoms with van der Waals surface area (Å²) in [6, 6.07) is 17.9. The molecule has 2 rings (SSSR count). The average molecular weight is 281 g/mol. The van der Waals surface area contributed by atoms with Crippen molar-refractivity contribution in [3.63, 3.8) is 0 Å². The fourth-order valence-corrected chi connectivity index (χ4v) is 2.24. The summed E-state index contributed by atoms with van der Waals surface area (Å²) in [7, 11) is 1.62. The Morgan fingerprint density at radius 2 is 1.95 bits per heavy atom. The van der Waals surface area contributed by atoms with E-state index in [1.807, 2.05) is 55.5 Å². The number of ether oxygens (including phenoxy) is 2. The van der Waals surface area contributed by atoms with E-state index in [2.05, 4.69) is 6.07 Å². The molecule has 1 unspecified atom stereocenters. The quantitative estimate of drug-likeness (QED) is 0.801. The Bertz CT molecular complexity index is 631. The number of aryl methyl sites for hydroxylation is 1. The first-order valence-electron chi connectivity index (χ1n) is 6.96. The summed E-state index contributed by atoms with van der Waals surface area (Å²) >= 11 is 0. The fraction of sp³-hybridized carbons (Fsp3) is 0.278. The molecule has 0 bridgehead atoms. The highest BCUT2D eigenvalue weighted by molar-refractivity contribution is 5.39. The highest BCUT2D eigenvalue weighted by atomic mass is 16.5. The van der Waals surface area contributed by atoms with E-state index >= 15 is 0 Å². The third-order valence-electron chi connectivity index (χ3n) is 3.33. The standard InChI is InChI=1S/C18H19NO2/c1-14-6-5-7-16(12-14)21-11-10-15(13-19)17-8-3-4-9-18(17)20-2/h3-9,12,15H,10-11H2,1-2H3. The van der Waals surface area contributed by atoms with Gasteiger partial charge >= 0.3 is 0 Å². The Labute approximate surface area is 125 Å². The molecule has 0 N–H and O–H groups in total. The lowest BCUT2D eigenvalue weighted by molar-refractivity contribution is 0.304. The minimum Gasteiger partial charge on any atom is -0.496 e. The molecule has 3 heteroatoms. The van der Waals surface area contributed by atoms with E-state index in [1.54, 1.807) is 7.11 Å². The maximum absolute atomic E-state index is 9.38. The summed E-state index contributed by atoms with van der Waals surface area (Å²) in [5.74, 6) is 1.36. The molecule has 21 heavy (non-hydrogen) atoms. The van der Waals surface area contributed by atoms with Crippen LogP contribution in [0.3, 0.4) is 0 Å². The van der Waals surface area contributed by atoms with Gasteiger partial charge in [-0.2, -0.15) is 5.26 Å². The van der Waals surface area contributed by atoms with Gasteiger partial charge < -0.3 is 9.47 Å². The predicted molar refractivity (Wildman–Crippen MR) is 82.6 cm³/mol. The molecule has 0 aliphatic carbocycles. The van der Waals surface area contributed by atoms with Crippen LogP contribution in [-0.4, -0.2) is 13.7 Å². The highest BCUT2D eigenvalue weighted by Crippen LogP contribution is 2.28. The van der Waals surface area contributed by atoms with Crippen molar-refractivity contribution < 1.29 is 9.47 Å². The van der Waals surface area contributed by atoms with E-state index in [1.165, 1.54) is 0 Å². The van der Waals surface area contributed by atoms with Crippen LogP contribution in [0.2, 0.25) is 0 Å². The third-order valence-corrected chi connectivity index (χ3v) is 3.33. The van der Waals surface area contributed by atoms with Crippen LogP contribution in [-0.2, 0) is 0 Å². The lowest BCUT2D eigenvalue weighted by atomic mass is 9.97. The number of methoxy groups -OCH3 is 1. The van der Waals surface area contributed by atoms with Crippen LogP contribution in [0.25, 0.3) is 0 Å². The van der Waals surface area contributed by atoms with Gasteiger partial charge in [-0.05, 0) is 30.7 Å². The first-order chi connectivity index (χ1) is 10.2.